The van der Waals surface area contributed by atoms with E-state index in [0.717, 1.165) is 6.07 Å². The van der Waals surface area contributed by atoms with Crippen LogP contribution in [0.4, 0.5) is 9.18 Å². The molecule has 170 valence electrons. The number of nitrogens with one attached hydrogen (secondary N) is 1. The summed E-state index contributed by atoms with van der Waals surface area (Å²) in [5.74, 6) is -0.723. The number of benzene rings is 1. The van der Waals surface area contributed by atoms with Crippen LogP contribution in [-0.2, 0) is 11.3 Å². The first-order valence-corrected chi connectivity index (χ1v) is 10.2. The van der Waals surface area contributed by atoms with Crippen molar-refractivity contribution in [3.63, 3.8) is 0 Å². The van der Waals surface area contributed by atoms with Crippen LogP contribution in [0.25, 0.3) is 11.1 Å². The van der Waals surface area contributed by atoms with Crippen LogP contribution in [0, 0.1) is 17.1 Å². The number of carbonyl (C=O) groups excluding carboxylic acids is 1. The number of likely N-dealkylation sites (tertiary alicyclic amines) is 1. The van der Waals surface area contributed by atoms with E-state index in [1.165, 1.54) is 12.1 Å². The van der Waals surface area contributed by atoms with Crippen molar-refractivity contribution in [2.75, 3.05) is 13.1 Å². The van der Waals surface area contributed by atoms with Crippen LogP contribution in [0.1, 0.15) is 44.9 Å². The van der Waals surface area contributed by atoms with Gasteiger partial charge in [-0.3, -0.25) is 4.79 Å². The molecule has 1 amide bonds. The van der Waals surface area contributed by atoms with Gasteiger partial charge in [-0.25, -0.2) is 14.3 Å². The molecule has 0 radical (unpaired) electrons. The van der Waals surface area contributed by atoms with E-state index in [4.69, 9.17) is 14.7 Å². The van der Waals surface area contributed by atoms with Crippen molar-refractivity contribution in [2.45, 2.75) is 51.9 Å². The number of carbonyl (C=O) groups is 1. The standard InChI is InChI=1S/C22H25FN4O5/c1-22(2,3)32-21(30)27-8-6-15(7-9-27)31-19-17(12-28)25-26-20(29)18(19)13-4-5-14(11-24)16(23)10-13/h4-5,10,15,28H,6-9,12H2,1-3H3,(H,26,29). The van der Waals surface area contributed by atoms with Gasteiger partial charge in [0.05, 0.1) is 17.7 Å². The largest absolute Gasteiger partial charge is 0.487 e. The second kappa shape index (κ2) is 9.36. The van der Waals surface area contributed by atoms with Crippen molar-refractivity contribution in [3.05, 3.63) is 45.6 Å². The van der Waals surface area contributed by atoms with Crippen molar-refractivity contribution in [3.8, 4) is 22.9 Å². The molecular weight excluding hydrogens is 419 g/mol. The van der Waals surface area contributed by atoms with Crippen LogP contribution in [0.15, 0.2) is 23.0 Å². The number of ether oxygens (including phenoxy) is 2. The van der Waals surface area contributed by atoms with Crippen LogP contribution in [-0.4, -0.2) is 51.1 Å². The molecule has 2 heterocycles. The molecule has 0 spiro atoms. The van der Waals surface area contributed by atoms with E-state index in [1.807, 2.05) is 0 Å². The number of halogens is 1. The fourth-order valence-electron chi connectivity index (χ4n) is 3.38. The zero-order valence-electron chi connectivity index (χ0n) is 18.1. The number of amides is 1. The Bertz CT molecular complexity index is 1090. The lowest BCUT2D eigenvalue weighted by molar-refractivity contribution is 0.0125. The summed E-state index contributed by atoms with van der Waals surface area (Å²) in [6.07, 6.45) is 0.180. The first-order chi connectivity index (χ1) is 15.1. The van der Waals surface area contributed by atoms with Crippen LogP contribution >= 0.6 is 0 Å². The summed E-state index contributed by atoms with van der Waals surface area (Å²) in [6, 6.07) is 5.51. The minimum absolute atomic E-state index is 0.0158. The number of rotatable bonds is 4. The van der Waals surface area contributed by atoms with Gasteiger partial charge in [-0.2, -0.15) is 10.4 Å². The predicted octanol–water partition coefficient (Wildman–Crippen LogP) is 2.72. The van der Waals surface area contributed by atoms with Gasteiger partial charge in [-0.05, 0) is 38.5 Å². The van der Waals surface area contributed by atoms with E-state index in [2.05, 4.69) is 10.2 Å². The monoisotopic (exact) mass is 444 g/mol. The maximum Gasteiger partial charge on any atom is 0.410 e. The van der Waals surface area contributed by atoms with E-state index in [0.29, 0.717) is 25.9 Å². The zero-order valence-corrected chi connectivity index (χ0v) is 18.1. The molecule has 0 bridgehead atoms. The Morgan fingerprint density at radius 2 is 2.06 bits per heavy atom. The molecule has 9 nitrogen and oxygen atoms in total. The number of hydrogen-bond donors (Lipinski definition) is 2. The summed E-state index contributed by atoms with van der Waals surface area (Å²) in [4.78, 5) is 26.4. The van der Waals surface area contributed by atoms with Crippen LogP contribution in [0.3, 0.4) is 0 Å². The Morgan fingerprint density at radius 3 is 2.62 bits per heavy atom. The van der Waals surface area contributed by atoms with Gasteiger partial charge in [0, 0.05) is 25.9 Å². The van der Waals surface area contributed by atoms with Crippen molar-refractivity contribution in [1.29, 1.82) is 5.26 Å². The average molecular weight is 444 g/mol. The van der Waals surface area contributed by atoms with Gasteiger partial charge in [0.2, 0.25) is 0 Å². The molecule has 0 unspecified atom stereocenters. The van der Waals surface area contributed by atoms with Crippen molar-refractivity contribution in [1.82, 2.24) is 15.1 Å². The van der Waals surface area contributed by atoms with E-state index >= 15 is 0 Å². The highest BCUT2D eigenvalue weighted by Crippen LogP contribution is 2.32. The number of aromatic amines is 1. The first kappa shape index (κ1) is 23.2. The number of nitrogens with zero attached hydrogens (tertiary/aromatic N) is 3. The summed E-state index contributed by atoms with van der Waals surface area (Å²) in [5, 5.41) is 24.8. The highest BCUT2D eigenvalue weighted by atomic mass is 19.1. The SMILES string of the molecule is CC(C)(C)OC(=O)N1CCC(Oc2c(CO)n[nH]c(=O)c2-c2ccc(C#N)c(F)c2)CC1. The quantitative estimate of drug-likeness (QED) is 0.742. The Morgan fingerprint density at radius 1 is 1.38 bits per heavy atom. The molecule has 32 heavy (non-hydrogen) atoms. The van der Waals surface area contributed by atoms with E-state index in [9.17, 15) is 19.1 Å². The number of aromatic nitrogens is 2. The van der Waals surface area contributed by atoms with Gasteiger partial charge < -0.3 is 19.5 Å². The van der Waals surface area contributed by atoms with Gasteiger partial charge in [0.1, 0.15) is 29.3 Å². The highest BCUT2D eigenvalue weighted by molar-refractivity contribution is 5.71. The average Bonchev–Trinajstić information content (AvgIpc) is 2.73. The third-order valence-corrected chi connectivity index (χ3v) is 4.91. The molecule has 1 saturated heterocycles. The van der Waals surface area contributed by atoms with Gasteiger partial charge in [0.25, 0.3) is 5.56 Å². The number of piperidine rings is 1. The molecule has 0 saturated carbocycles. The predicted molar refractivity (Wildman–Crippen MR) is 112 cm³/mol. The molecule has 1 fully saturated rings. The van der Waals surface area contributed by atoms with E-state index in [1.54, 1.807) is 31.7 Å². The molecule has 0 aliphatic carbocycles. The second-order valence-electron chi connectivity index (χ2n) is 8.45. The Balaban J connectivity index is 1.84. The Kier molecular flexibility index (Phi) is 6.79. The molecule has 2 N–H and O–H groups in total. The Labute approximate surface area is 184 Å². The molecule has 1 aromatic carbocycles. The third kappa shape index (κ3) is 5.23. The number of aliphatic hydroxyl groups excluding tert-OH is 1. The normalized spacial score (nSPS) is 14.7. The summed E-state index contributed by atoms with van der Waals surface area (Å²) in [7, 11) is 0. The lowest BCUT2D eigenvalue weighted by atomic mass is 10.0. The van der Waals surface area contributed by atoms with Crippen LogP contribution < -0.4 is 10.3 Å². The second-order valence-corrected chi connectivity index (χ2v) is 8.45. The van der Waals surface area contributed by atoms with Gasteiger partial charge >= 0.3 is 6.09 Å². The van der Waals surface area contributed by atoms with Gasteiger partial charge in [0.15, 0.2) is 5.75 Å². The van der Waals surface area contributed by atoms with Gasteiger partial charge in [-0.15, -0.1) is 0 Å². The molecule has 2 aromatic rings. The Hall–Kier alpha value is -3.45. The fraction of sp³-hybridized carbons (Fsp3) is 0.455. The van der Waals surface area contributed by atoms with Crippen molar-refractivity contribution < 1.29 is 23.8 Å². The minimum Gasteiger partial charge on any atom is -0.487 e. The molecule has 0 atom stereocenters. The van der Waals surface area contributed by atoms with Crippen molar-refractivity contribution in [2.24, 2.45) is 0 Å². The highest BCUT2D eigenvalue weighted by Gasteiger charge is 2.29. The maximum atomic E-state index is 14.2. The first-order valence-electron chi connectivity index (χ1n) is 10.2. The van der Waals surface area contributed by atoms with Crippen LogP contribution in [0.5, 0.6) is 5.75 Å². The van der Waals surface area contributed by atoms with Gasteiger partial charge in [-0.1, -0.05) is 6.07 Å². The minimum atomic E-state index is -0.775. The number of H-pyrrole nitrogens is 1. The van der Waals surface area contributed by atoms with E-state index in [-0.39, 0.29) is 34.2 Å². The fourth-order valence-corrected chi connectivity index (χ4v) is 3.38. The molecule has 10 heteroatoms. The molecule has 3 rings (SSSR count). The summed E-state index contributed by atoms with van der Waals surface area (Å²) in [6.45, 7) is 5.67. The summed E-state index contributed by atoms with van der Waals surface area (Å²) < 4.78 is 25.6. The van der Waals surface area contributed by atoms with Crippen molar-refractivity contribution >= 4 is 6.09 Å². The number of nitriles is 1. The topological polar surface area (TPSA) is 129 Å². The molecule has 1 aliphatic rings. The number of hydrogen-bond acceptors (Lipinski definition) is 7. The smallest absolute Gasteiger partial charge is 0.410 e. The maximum absolute atomic E-state index is 14.2. The molecule has 1 aromatic heterocycles. The molecular formula is C22H25FN4O5. The zero-order chi connectivity index (χ0) is 23.5. The summed E-state index contributed by atoms with van der Waals surface area (Å²) in [5.41, 5.74) is -1.06. The lowest BCUT2D eigenvalue weighted by Gasteiger charge is -2.33. The van der Waals surface area contributed by atoms with E-state index < -0.39 is 29.7 Å². The third-order valence-electron chi connectivity index (χ3n) is 4.91. The number of aliphatic hydroxyl groups is 1. The summed E-state index contributed by atoms with van der Waals surface area (Å²) >= 11 is 0. The van der Waals surface area contributed by atoms with Crippen LogP contribution in [0.2, 0.25) is 0 Å². The lowest BCUT2D eigenvalue weighted by Crippen LogP contribution is -2.44. The molecule has 1 aliphatic heterocycles.